The maximum atomic E-state index is 5.69. The van der Waals surface area contributed by atoms with Crippen molar-refractivity contribution >= 4 is 11.0 Å². The first-order chi connectivity index (χ1) is 7.36. The van der Waals surface area contributed by atoms with Gasteiger partial charge in [0, 0.05) is 24.1 Å². The average molecular weight is 205 g/mol. The third kappa shape index (κ3) is 1.89. The normalized spacial score (nSPS) is 11.1. The number of benzene rings is 1. The molecule has 0 atom stereocenters. The largest absolute Gasteiger partial charge is 0.464 e. The monoisotopic (exact) mass is 205 g/mol. The van der Waals surface area contributed by atoms with Crippen molar-refractivity contribution in [3.05, 3.63) is 35.6 Å². The highest BCUT2D eigenvalue weighted by Crippen LogP contribution is 2.25. The number of ether oxygens (including phenoxy) is 1. The van der Waals surface area contributed by atoms with Crippen molar-refractivity contribution in [1.29, 1.82) is 0 Å². The lowest BCUT2D eigenvalue weighted by Crippen LogP contribution is -1.98. The van der Waals surface area contributed by atoms with Gasteiger partial charge in [-0.3, -0.25) is 0 Å². The minimum absolute atomic E-state index is 0.524. The molecule has 0 unspecified atom stereocenters. The maximum absolute atomic E-state index is 5.69. The van der Waals surface area contributed by atoms with Crippen LogP contribution in [0.25, 0.3) is 11.0 Å². The van der Waals surface area contributed by atoms with E-state index in [2.05, 4.69) is 0 Å². The molecule has 1 aromatic carbocycles. The zero-order chi connectivity index (χ0) is 10.7. The molecular weight excluding hydrogens is 190 g/mol. The van der Waals surface area contributed by atoms with Gasteiger partial charge in [-0.05, 0) is 18.6 Å². The predicted octanol–water partition coefficient (Wildman–Crippen LogP) is 2.43. The number of hydrogen-bond donors (Lipinski definition) is 1. The standard InChI is InChI=1S/C12H15NO2/c1-2-14-7-10-8-15-11-5-3-4-9(6-13)12(10)11/h3-5,8H,2,6-7,13H2,1H3. The molecule has 3 heteroatoms. The Morgan fingerprint density at radius 1 is 1.33 bits per heavy atom. The van der Waals surface area contributed by atoms with Crippen LogP contribution in [-0.4, -0.2) is 6.61 Å². The highest BCUT2D eigenvalue weighted by Gasteiger charge is 2.08. The molecule has 0 bridgehead atoms. The van der Waals surface area contributed by atoms with Crippen LogP contribution in [0.1, 0.15) is 18.1 Å². The summed E-state index contributed by atoms with van der Waals surface area (Å²) in [5.74, 6) is 0. The van der Waals surface area contributed by atoms with Crippen LogP contribution < -0.4 is 5.73 Å². The molecule has 0 saturated heterocycles. The van der Waals surface area contributed by atoms with E-state index >= 15 is 0 Å². The Morgan fingerprint density at radius 2 is 2.20 bits per heavy atom. The summed E-state index contributed by atoms with van der Waals surface area (Å²) in [6, 6.07) is 5.93. The van der Waals surface area contributed by atoms with Gasteiger partial charge in [0.2, 0.25) is 0 Å². The van der Waals surface area contributed by atoms with Crippen molar-refractivity contribution in [1.82, 2.24) is 0 Å². The Labute approximate surface area is 88.8 Å². The van der Waals surface area contributed by atoms with Crippen molar-refractivity contribution in [2.75, 3.05) is 6.61 Å². The molecule has 3 nitrogen and oxygen atoms in total. The van der Waals surface area contributed by atoms with Gasteiger partial charge < -0.3 is 14.9 Å². The van der Waals surface area contributed by atoms with Crippen molar-refractivity contribution in [3.63, 3.8) is 0 Å². The highest BCUT2D eigenvalue weighted by molar-refractivity contribution is 5.84. The van der Waals surface area contributed by atoms with Crippen LogP contribution in [0.3, 0.4) is 0 Å². The van der Waals surface area contributed by atoms with E-state index in [1.165, 1.54) is 0 Å². The molecule has 0 saturated carbocycles. The summed E-state index contributed by atoms with van der Waals surface area (Å²) in [4.78, 5) is 0. The summed E-state index contributed by atoms with van der Waals surface area (Å²) in [6.45, 7) is 3.79. The second-order valence-electron chi connectivity index (χ2n) is 3.39. The molecule has 2 aromatic rings. The summed E-state index contributed by atoms with van der Waals surface area (Å²) in [5.41, 5.74) is 8.76. The number of furan rings is 1. The highest BCUT2D eigenvalue weighted by atomic mass is 16.5. The SMILES string of the molecule is CCOCc1coc2cccc(CN)c12. The molecule has 1 heterocycles. The van der Waals surface area contributed by atoms with Gasteiger partial charge in [0.05, 0.1) is 12.9 Å². The molecular formula is C12H15NO2. The fourth-order valence-corrected chi connectivity index (χ4v) is 1.72. The molecule has 0 aliphatic carbocycles. The maximum Gasteiger partial charge on any atom is 0.134 e. The van der Waals surface area contributed by atoms with Gasteiger partial charge in [-0.2, -0.15) is 0 Å². The number of hydrogen-bond acceptors (Lipinski definition) is 3. The van der Waals surface area contributed by atoms with Crippen molar-refractivity contribution in [2.45, 2.75) is 20.1 Å². The van der Waals surface area contributed by atoms with Gasteiger partial charge >= 0.3 is 0 Å². The van der Waals surface area contributed by atoms with E-state index in [0.29, 0.717) is 19.8 Å². The fourth-order valence-electron chi connectivity index (χ4n) is 1.72. The van der Waals surface area contributed by atoms with E-state index in [9.17, 15) is 0 Å². The van der Waals surface area contributed by atoms with Crippen molar-refractivity contribution < 1.29 is 9.15 Å². The van der Waals surface area contributed by atoms with E-state index in [0.717, 1.165) is 22.1 Å². The lowest BCUT2D eigenvalue weighted by molar-refractivity contribution is 0.134. The minimum Gasteiger partial charge on any atom is -0.464 e. The second-order valence-corrected chi connectivity index (χ2v) is 3.39. The lowest BCUT2D eigenvalue weighted by Gasteiger charge is -2.02. The summed E-state index contributed by atoms with van der Waals surface area (Å²) in [6.07, 6.45) is 1.75. The number of rotatable bonds is 4. The van der Waals surface area contributed by atoms with Crippen LogP contribution in [0.2, 0.25) is 0 Å². The summed E-state index contributed by atoms with van der Waals surface area (Å²) >= 11 is 0. The Kier molecular flexibility index (Phi) is 3.04. The third-order valence-electron chi connectivity index (χ3n) is 2.44. The molecule has 0 aliphatic heterocycles. The predicted molar refractivity (Wildman–Crippen MR) is 59.4 cm³/mol. The van der Waals surface area contributed by atoms with Crippen LogP contribution in [0.4, 0.5) is 0 Å². The summed E-state index contributed by atoms with van der Waals surface area (Å²) in [5, 5.41) is 1.11. The van der Waals surface area contributed by atoms with Crippen LogP contribution in [0, 0.1) is 0 Å². The van der Waals surface area contributed by atoms with Crippen LogP contribution >= 0.6 is 0 Å². The molecule has 0 radical (unpaired) electrons. The quantitative estimate of drug-likeness (QED) is 0.833. The van der Waals surface area contributed by atoms with Crippen LogP contribution in [-0.2, 0) is 17.9 Å². The molecule has 2 rings (SSSR count). The topological polar surface area (TPSA) is 48.4 Å². The first-order valence-corrected chi connectivity index (χ1v) is 5.12. The van der Waals surface area contributed by atoms with E-state index in [4.69, 9.17) is 14.9 Å². The van der Waals surface area contributed by atoms with Crippen molar-refractivity contribution in [2.24, 2.45) is 5.73 Å². The second kappa shape index (κ2) is 4.47. The molecule has 2 N–H and O–H groups in total. The molecule has 0 spiro atoms. The Bertz CT molecular complexity index is 448. The lowest BCUT2D eigenvalue weighted by atomic mass is 10.1. The zero-order valence-corrected chi connectivity index (χ0v) is 8.82. The van der Waals surface area contributed by atoms with E-state index < -0.39 is 0 Å². The number of fused-ring (bicyclic) bond motifs is 1. The molecule has 1 aromatic heterocycles. The minimum atomic E-state index is 0.524. The molecule has 80 valence electrons. The van der Waals surface area contributed by atoms with Gasteiger partial charge in [0.25, 0.3) is 0 Å². The number of nitrogens with two attached hydrogens (primary N) is 1. The van der Waals surface area contributed by atoms with Gasteiger partial charge in [0.15, 0.2) is 0 Å². The van der Waals surface area contributed by atoms with E-state index in [-0.39, 0.29) is 0 Å². The van der Waals surface area contributed by atoms with E-state index in [1.54, 1.807) is 6.26 Å². The van der Waals surface area contributed by atoms with Gasteiger partial charge in [-0.25, -0.2) is 0 Å². The Morgan fingerprint density at radius 3 is 2.93 bits per heavy atom. The molecule has 15 heavy (non-hydrogen) atoms. The first kappa shape index (κ1) is 10.2. The van der Waals surface area contributed by atoms with E-state index in [1.807, 2.05) is 25.1 Å². The van der Waals surface area contributed by atoms with Gasteiger partial charge in [-0.15, -0.1) is 0 Å². The van der Waals surface area contributed by atoms with Crippen LogP contribution in [0.15, 0.2) is 28.9 Å². The Balaban J connectivity index is 2.46. The fraction of sp³-hybridized carbons (Fsp3) is 0.333. The van der Waals surface area contributed by atoms with Crippen molar-refractivity contribution in [3.8, 4) is 0 Å². The average Bonchev–Trinajstić information content (AvgIpc) is 2.69. The summed E-state index contributed by atoms with van der Waals surface area (Å²) in [7, 11) is 0. The third-order valence-corrected chi connectivity index (χ3v) is 2.44. The van der Waals surface area contributed by atoms with Gasteiger partial charge in [0.1, 0.15) is 5.58 Å². The first-order valence-electron chi connectivity index (χ1n) is 5.12. The molecule has 0 amide bonds. The van der Waals surface area contributed by atoms with Crippen LogP contribution in [0.5, 0.6) is 0 Å². The smallest absolute Gasteiger partial charge is 0.134 e. The van der Waals surface area contributed by atoms with Gasteiger partial charge in [-0.1, -0.05) is 12.1 Å². The molecule has 0 fully saturated rings. The summed E-state index contributed by atoms with van der Waals surface area (Å²) < 4.78 is 10.8. The zero-order valence-electron chi connectivity index (χ0n) is 8.82. The Hall–Kier alpha value is -1.32. The molecule has 0 aliphatic rings.